The van der Waals surface area contributed by atoms with Gasteiger partial charge in [0.05, 0.1) is 12.8 Å². The molecule has 0 saturated carbocycles. The predicted molar refractivity (Wildman–Crippen MR) is 122 cm³/mol. The number of fused-ring (bicyclic) bond motifs is 1. The van der Waals surface area contributed by atoms with Crippen LogP contribution in [0.2, 0.25) is 0 Å². The van der Waals surface area contributed by atoms with Gasteiger partial charge in [-0.3, -0.25) is 9.59 Å². The van der Waals surface area contributed by atoms with Gasteiger partial charge in [-0.05, 0) is 56.0 Å². The number of carbonyl (C=O) groups excluding carboxylic acids is 2. The van der Waals surface area contributed by atoms with Crippen LogP contribution >= 0.6 is 0 Å². The quantitative estimate of drug-likeness (QED) is 0.777. The Morgan fingerprint density at radius 2 is 1.87 bits per heavy atom. The van der Waals surface area contributed by atoms with Crippen molar-refractivity contribution in [2.75, 3.05) is 39.1 Å². The highest BCUT2D eigenvalue weighted by Crippen LogP contribution is 2.35. The van der Waals surface area contributed by atoms with E-state index in [4.69, 9.17) is 4.74 Å². The fourth-order valence-corrected chi connectivity index (χ4v) is 4.65. The van der Waals surface area contributed by atoms with E-state index >= 15 is 0 Å². The molecule has 1 fully saturated rings. The fourth-order valence-electron chi connectivity index (χ4n) is 4.65. The van der Waals surface area contributed by atoms with Crippen molar-refractivity contribution in [3.8, 4) is 5.75 Å². The molecular formula is C25H31N3O3. The zero-order chi connectivity index (χ0) is 21.8. The number of hydrogen-bond donors (Lipinski definition) is 1. The van der Waals surface area contributed by atoms with Gasteiger partial charge < -0.3 is 19.9 Å². The summed E-state index contributed by atoms with van der Waals surface area (Å²) in [6.45, 7) is 2.53. The topological polar surface area (TPSA) is 61.9 Å². The van der Waals surface area contributed by atoms with Gasteiger partial charge in [0.1, 0.15) is 5.75 Å². The van der Waals surface area contributed by atoms with E-state index in [-0.39, 0.29) is 11.8 Å². The van der Waals surface area contributed by atoms with E-state index in [2.05, 4.69) is 41.5 Å². The van der Waals surface area contributed by atoms with Crippen LogP contribution in [-0.4, -0.2) is 61.4 Å². The minimum absolute atomic E-state index is 0.0326. The summed E-state index contributed by atoms with van der Waals surface area (Å²) in [5.74, 6) is 0.633. The highest BCUT2D eigenvalue weighted by molar-refractivity contribution is 6.02. The van der Waals surface area contributed by atoms with Gasteiger partial charge in [0.15, 0.2) is 0 Å². The third-order valence-corrected chi connectivity index (χ3v) is 6.56. The van der Waals surface area contributed by atoms with Crippen LogP contribution in [0.3, 0.4) is 0 Å². The number of methoxy groups -OCH3 is 1. The molecule has 4 rings (SSSR count). The summed E-state index contributed by atoms with van der Waals surface area (Å²) in [6.07, 6.45) is 3.96. The van der Waals surface area contributed by atoms with Gasteiger partial charge >= 0.3 is 0 Å². The van der Waals surface area contributed by atoms with E-state index in [0.717, 1.165) is 44.5 Å². The first kappa shape index (κ1) is 21.4. The molecule has 1 N–H and O–H groups in total. The molecule has 0 bridgehead atoms. The van der Waals surface area contributed by atoms with Crippen LogP contribution in [0.15, 0.2) is 42.5 Å². The lowest BCUT2D eigenvalue weighted by atomic mass is 9.94. The number of likely N-dealkylation sites (tertiary alicyclic amines) is 1. The van der Waals surface area contributed by atoms with Gasteiger partial charge in [0, 0.05) is 37.7 Å². The number of ether oxygens (including phenoxy) is 1. The maximum absolute atomic E-state index is 13.3. The van der Waals surface area contributed by atoms with E-state index in [1.165, 1.54) is 5.56 Å². The summed E-state index contributed by atoms with van der Waals surface area (Å²) in [6, 6.07) is 14.7. The lowest BCUT2D eigenvalue weighted by molar-refractivity contribution is -0.116. The average molecular weight is 422 g/mol. The smallest absolute Gasteiger partial charge is 0.254 e. The number of piperidine rings is 1. The lowest BCUT2D eigenvalue weighted by Gasteiger charge is -2.37. The second-order valence-electron chi connectivity index (χ2n) is 8.46. The summed E-state index contributed by atoms with van der Waals surface area (Å²) < 4.78 is 5.39. The lowest BCUT2D eigenvalue weighted by Crippen LogP contribution is -2.46. The molecule has 0 aromatic heterocycles. The average Bonchev–Trinajstić information content (AvgIpc) is 2.82. The van der Waals surface area contributed by atoms with Crippen molar-refractivity contribution in [3.05, 3.63) is 59.2 Å². The number of benzene rings is 2. The molecule has 2 amide bonds. The molecule has 0 atom stereocenters. The molecule has 1 saturated heterocycles. The molecule has 0 unspecified atom stereocenters. The first-order valence-electron chi connectivity index (χ1n) is 11.1. The van der Waals surface area contributed by atoms with Crippen LogP contribution in [0.5, 0.6) is 5.75 Å². The molecule has 6 heteroatoms. The van der Waals surface area contributed by atoms with Gasteiger partial charge in [-0.15, -0.1) is 0 Å². The van der Waals surface area contributed by atoms with Gasteiger partial charge in [0.25, 0.3) is 5.91 Å². The van der Waals surface area contributed by atoms with Gasteiger partial charge in [-0.25, -0.2) is 0 Å². The Morgan fingerprint density at radius 3 is 2.58 bits per heavy atom. The van der Waals surface area contributed by atoms with Crippen LogP contribution in [-0.2, 0) is 17.6 Å². The molecule has 0 spiro atoms. The molecule has 164 valence electrons. The standard InChI is InChI=1S/C25H31N3O3/c1-27(15-12-18-6-4-3-5-7-18)19-13-16-28(17-14-19)25(30)21-8-10-22(31-2)24-20(21)9-11-23(29)26-24/h3-8,10,19H,9,11-17H2,1-2H3,(H,26,29). The minimum Gasteiger partial charge on any atom is -0.495 e. The van der Waals surface area contributed by atoms with Gasteiger partial charge in [-0.1, -0.05) is 30.3 Å². The number of hydrogen-bond acceptors (Lipinski definition) is 4. The Hall–Kier alpha value is -2.86. The van der Waals surface area contributed by atoms with E-state index in [0.29, 0.717) is 35.9 Å². The Balaban J connectivity index is 1.37. The SMILES string of the molecule is COc1ccc(C(=O)N2CCC(N(C)CCc3ccccc3)CC2)c2c1NC(=O)CC2. The van der Waals surface area contributed by atoms with Crippen molar-refractivity contribution in [2.45, 2.75) is 38.1 Å². The number of carbonyl (C=O) groups is 2. The molecule has 2 aliphatic rings. The van der Waals surface area contributed by atoms with Crippen LogP contribution in [0.4, 0.5) is 5.69 Å². The second-order valence-corrected chi connectivity index (χ2v) is 8.46. The Morgan fingerprint density at radius 1 is 1.13 bits per heavy atom. The highest BCUT2D eigenvalue weighted by Gasteiger charge is 2.30. The molecule has 2 aliphatic heterocycles. The number of nitrogens with one attached hydrogen (secondary N) is 1. The number of likely N-dealkylation sites (N-methyl/N-ethyl adjacent to an activating group) is 1. The Bertz CT molecular complexity index is 937. The number of anilines is 1. The third-order valence-electron chi connectivity index (χ3n) is 6.56. The van der Waals surface area contributed by atoms with Crippen molar-refractivity contribution in [3.63, 3.8) is 0 Å². The summed E-state index contributed by atoms with van der Waals surface area (Å²) >= 11 is 0. The first-order chi connectivity index (χ1) is 15.1. The third kappa shape index (κ3) is 4.74. The van der Waals surface area contributed by atoms with Crippen molar-refractivity contribution < 1.29 is 14.3 Å². The van der Waals surface area contributed by atoms with Crippen LogP contribution in [0.1, 0.15) is 40.7 Å². The van der Waals surface area contributed by atoms with Crippen molar-refractivity contribution in [1.82, 2.24) is 9.80 Å². The van der Waals surface area contributed by atoms with Crippen LogP contribution in [0, 0.1) is 0 Å². The van der Waals surface area contributed by atoms with Crippen LogP contribution in [0.25, 0.3) is 0 Å². The molecule has 31 heavy (non-hydrogen) atoms. The summed E-state index contributed by atoms with van der Waals surface area (Å²) in [5.41, 5.74) is 3.59. The predicted octanol–water partition coefficient (Wildman–Crippen LogP) is 3.36. The Labute approximate surface area is 184 Å². The van der Waals surface area contributed by atoms with E-state index in [1.807, 2.05) is 17.0 Å². The summed E-state index contributed by atoms with van der Waals surface area (Å²) in [5, 5.41) is 2.89. The maximum atomic E-state index is 13.3. The second kappa shape index (κ2) is 9.52. The zero-order valence-corrected chi connectivity index (χ0v) is 18.4. The normalized spacial score (nSPS) is 16.7. The summed E-state index contributed by atoms with van der Waals surface area (Å²) in [4.78, 5) is 29.5. The largest absolute Gasteiger partial charge is 0.495 e. The van der Waals surface area contributed by atoms with Crippen molar-refractivity contribution in [2.24, 2.45) is 0 Å². The van der Waals surface area contributed by atoms with E-state index in [1.54, 1.807) is 13.2 Å². The molecule has 2 heterocycles. The van der Waals surface area contributed by atoms with Gasteiger partial charge in [-0.2, -0.15) is 0 Å². The van der Waals surface area contributed by atoms with Crippen molar-refractivity contribution >= 4 is 17.5 Å². The fraction of sp³-hybridized carbons (Fsp3) is 0.440. The van der Waals surface area contributed by atoms with E-state index in [9.17, 15) is 9.59 Å². The molecular weight excluding hydrogens is 390 g/mol. The maximum Gasteiger partial charge on any atom is 0.254 e. The zero-order valence-electron chi connectivity index (χ0n) is 18.4. The monoisotopic (exact) mass is 421 g/mol. The molecule has 6 nitrogen and oxygen atoms in total. The molecule has 0 radical (unpaired) electrons. The van der Waals surface area contributed by atoms with Crippen LogP contribution < -0.4 is 10.1 Å². The Kier molecular flexibility index (Phi) is 6.56. The van der Waals surface area contributed by atoms with Gasteiger partial charge in [0.2, 0.25) is 5.91 Å². The summed E-state index contributed by atoms with van der Waals surface area (Å²) in [7, 11) is 3.77. The number of nitrogens with zero attached hydrogens (tertiary/aromatic N) is 2. The minimum atomic E-state index is -0.0326. The van der Waals surface area contributed by atoms with Crippen molar-refractivity contribution in [1.29, 1.82) is 0 Å². The molecule has 2 aromatic rings. The van der Waals surface area contributed by atoms with E-state index < -0.39 is 0 Å². The highest BCUT2D eigenvalue weighted by atomic mass is 16.5. The molecule has 0 aliphatic carbocycles. The molecule has 2 aromatic carbocycles. The number of rotatable bonds is 6. The number of amides is 2. The first-order valence-corrected chi connectivity index (χ1v) is 11.1.